The Kier molecular flexibility index (Phi) is 4.10. The highest BCUT2D eigenvalue weighted by molar-refractivity contribution is 5.99. The van der Waals surface area contributed by atoms with Crippen LogP contribution in [0.3, 0.4) is 0 Å². The number of aromatic nitrogens is 4. The standard InChI is InChI=1S/C23H17FN4O2/c1-12-20(13(2)30-28-12)15-10-18(22-19(11-15)26-23(29)27-22)17-7-4-8-25-21(17)14-5-3-6-16(24)9-14/h3-11H,1-2H3,(H2,26,27,29). The number of imidazole rings is 1. The average molecular weight is 400 g/mol. The van der Waals surface area contributed by atoms with E-state index in [0.29, 0.717) is 28.1 Å². The molecule has 3 aromatic heterocycles. The van der Waals surface area contributed by atoms with E-state index < -0.39 is 0 Å². The number of nitrogens with one attached hydrogen (secondary N) is 2. The largest absolute Gasteiger partial charge is 0.361 e. The number of hydrogen-bond donors (Lipinski definition) is 2. The predicted octanol–water partition coefficient (Wildman–Crippen LogP) is 5.00. The van der Waals surface area contributed by atoms with Gasteiger partial charge in [0.2, 0.25) is 0 Å². The fraction of sp³-hybridized carbons (Fsp3) is 0.0870. The van der Waals surface area contributed by atoms with Crippen molar-refractivity contribution in [3.8, 4) is 33.5 Å². The van der Waals surface area contributed by atoms with Crippen LogP contribution in [0.15, 0.2) is 64.0 Å². The van der Waals surface area contributed by atoms with Crippen LogP contribution in [0.1, 0.15) is 11.5 Å². The molecule has 5 rings (SSSR count). The van der Waals surface area contributed by atoms with Crippen LogP contribution in [0.5, 0.6) is 0 Å². The van der Waals surface area contributed by atoms with Gasteiger partial charge in [-0.2, -0.15) is 0 Å². The van der Waals surface area contributed by atoms with E-state index in [9.17, 15) is 9.18 Å². The van der Waals surface area contributed by atoms with E-state index in [0.717, 1.165) is 27.9 Å². The third-order valence-corrected chi connectivity index (χ3v) is 5.14. The van der Waals surface area contributed by atoms with Crippen molar-refractivity contribution in [3.05, 3.63) is 82.5 Å². The molecule has 0 unspecified atom stereocenters. The van der Waals surface area contributed by atoms with Gasteiger partial charge in [0.25, 0.3) is 0 Å². The molecule has 7 heteroatoms. The van der Waals surface area contributed by atoms with Crippen LogP contribution in [-0.4, -0.2) is 20.1 Å². The summed E-state index contributed by atoms with van der Waals surface area (Å²) in [6, 6.07) is 13.9. The number of H-pyrrole nitrogens is 2. The summed E-state index contributed by atoms with van der Waals surface area (Å²) in [5.74, 6) is 0.348. The summed E-state index contributed by atoms with van der Waals surface area (Å²) in [4.78, 5) is 22.3. The van der Waals surface area contributed by atoms with Gasteiger partial charge in [-0.3, -0.25) is 4.98 Å². The SMILES string of the molecule is Cc1noc(C)c1-c1cc(-c2cccnc2-c2cccc(F)c2)c2[nH]c(=O)[nH]c2c1. The Morgan fingerprint density at radius 1 is 0.967 bits per heavy atom. The zero-order valence-electron chi connectivity index (χ0n) is 16.3. The van der Waals surface area contributed by atoms with Gasteiger partial charge in [-0.15, -0.1) is 0 Å². The summed E-state index contributed by atoms with van der Waals surface area (Å²) >= 11 is 0. The van der Waals surface area contributed by atoms with Gasteiger partial charge in [0.05, 0.1) is 22.4 Å². The number of rotatable bonds is 3. The maximum absolute atomic E-state index is 13.9. The summed E-state index contributed by atoms with van der Waals surface area (Å²) in [7, 11) is 0. The number of aryl methyl sites for hydroxylation is 2. The number of aromatic amines is 2. The van der Waals surface area contributed by atoms with E-state index in [1.54, 1.807) is 12.3 Å². The van der Waals surface area contributed by atoms with Crippen molar-refractivity contribution in [1.82, 2.24) is 20.1 Å². The van der Waals surface area contributed by atoms with Gasteiger partial charge < -0.3 is 14.5 Å². The lowest BCUT2D eigenvalue weighted by Crippen LogP contribution is -1.99. The van der Waals surface area contributed by atoms with E-state index >= 15 is 0 Å². The summed E-state index contributed by atoms with van der Waals surface area (Å²) in [6.45, 7) is 3.72. The highest BCUT2D eigenvalue weighted by Gasteiger charge is 2.18. The molecule has 0 spiro atoms. The molecule has 2 aromatic carbocycles. The zero-order valence-corrected chi connectivity index (χ0v) is 16.3. The monoisotopic (exact) mass is 400 g/mol. The summed E-state index contributed by atoms with van der Waals surface area (Å²) in [6.07, 6.45) is 1.67. The third-order valence-electron chi connectivity index (χ3n) is 5.14. The fourth-order valence-corrected chi connectivity index (χ4v) is 3.88. The molecule has 0 saturated carbocycles. The quantitative estimate of drug-likeness (QED) is 0.446. The first-order chi connectivity index (χ1) is 14.5. The van der Waals surface area contributed by atoms with Crippen molar-refractivity contribution in [2.24, 2.45) is 0 Å². The van der Waals surface area contributed by atoms with Crippen LogP contribution in [0.4, 0.5) is 4.39 Å². The van der Waals surface area contributed by atoms with Crippen molar-refractivity contribution in [2.75, 3.05) is 0 Å². The maximum Gasteiger partial charge on any atom is 0.323 e. The van der Waals surface area contributed by atoms with Gasteiger partial charge in [0.15, 0.2) is 0 Å². The van der Waals surface area contributed by atoms with E-state index in [-0.39, 0.29) is 11.5 Å². The number of fused-ring (bicyclic) bond motifs is 1. The van der Waals surface area contributed by atoms with Crippen molar-refractivity contribution >= 4 is 11.0 Å². The minimum absolute atomic E-state index is 0.307. The van der Waals surface area contributed by atoms with Gasteiger partial charge in [0.1, 0.15) is 11.6 Å². The van der Waals surface area contributed by atoms with Crippen LogP contribution in [-0.2, 0) is 0 Å². The maximum atomic E-state index is 13.9. The van der Waals surface area contributed by atoms with Crippen molar-refractivity contribution in [1.29, 1.82) is 0 Å². The van der Waals surface area contributed by atoms with Crippen LogP contribution in [0.2, 0.25) is 0 Å². The molecule has 5 aromatic rings. The van der Waals surface area contributed by atoms with Gasteiger partial charge in [0, 0.05) is 28.5 Å². The molecule has 2 N–H and O–H groups in total. The number of hydrogen-bond acceptors (Lipinski definition) is 4. The molecule has 0 aliphatic carbocycles. The summed E-state index contributed by atoms with van der Waals surface area (Å²) in [5.41, 5.74) is 6.31. The molecule has 0 fully saturated rings. The molecule has 30 heavy (non-hydrogen) atoms. The van der Waals surface area contributed by atoms with E-state index in [1.165, 1.54) is 12.1 Å². The number of nitrogens with zero attached hydrogens (tertiary/aromatic N) is 2. The Bertz CT molecular complexity index is 1440. The minimum atomic E-state index is -0.339. The first kappa shape index (κ1) is 18.1. The molecule has 3 heterocycles. The number of halogens is 1. The van der Waals surface area contributed by atoms with Crippen molar-refractivity contribution in [2.45, 2.75) is 13.8 Å². The molecular formula is C23H17FN4O2. The first-order valence-electron chi connectivity index (χ1n) is 9.42. The Labute approximate surface area is 170 Å². The number of benzene rings is 2. The molecule has 0 bridgehead atoms. The average Bonchev–Trinajstić information content (AvgIpc) is 3.27. The number of pyridine rings is 1. The molecule has 0 aliphatic heterocycles. The fourth-order valence-electron chi connectivity index (χ4n) is 3.88. The van der Waals surface area contributed by atoms with E-state index in [1.807, 2.05) is 44.2 Å². The van der Waals surface area contributed by atoms with Crippen LogP contribution >= 0.6 is 0 Å². The lowest BCUT2D eigenvalue weighted by Gasteiger charge is -2.12. The third kappa shape index (κ3) is 2.91. The van der Waals surface area contributed by atoms with Crippen LogP contribution in [0.25, 0.3) is 44.5 Å². The topological polar surface area (TPSA) is 87.6 Å². The van der Waals surface area contributed by atoms with Crippen molar-refractivity contribution in [3.63, 3.8) is 0 Å². The normalized spacial score (nSPS) is 11.3. The van der Waals surface area contributed by atoms with Gasteiger partial charge in [-0.05, 0) is 49.7 Å². The van der Waals surface area contributed by atoms with Crippen molar-refractivity contribution < 1.29 is 8.91 Å². The van der Waals surface area contributed by atoms with Gasteiger partial charge in [-0.25, -0.2) is 9.18 Å². The molecule has 0 radical (unpaired) electrons. The second kappa shape index (κ2) is 6.81. The van der Waals surface area contributed by atoms with Gasteiger partial charge >= 0.3 is 5.69 Å². The molecule has 0 atom stereocenters. The van der Waals surface area contributed by atoms with Crippen LogP contribution in [0, 0.1) is 19.7 Å². The van der Waals surface area contributed by atoms with E-state index in [2.05, 4.69) is 20.1 Å². The Hall–Kier alpha value is -4.00. The molecule has 0 aliphatic rings. The molecule has 6 nitrogen and oxygen atoms in total. The highest BCUT2D eigenvalue weighted by Crippen LogP contribution is 2.38. The predicted molar refractivity (Wildman–Crippen MR) is 113 cm³/mol. The zero-order chi connectivity index (χ0) is 20.8. The first-order valence-corrected chi connectivity index (χ1v) is 9.42. The van der Waals surface area contributed by atoms with Gasteiger partial charge in [-0.1, -0.05) is 23.4 Å². The molecule has 0 saturated heterocycles. The minimum Gasteiger partial charge on any atom is -0.361 e. The molecule has 0 amide bonds. The Balaban J connectivity index is 1.83. The lowest BCUT2D eigenvalue weighted by molar-refractivity contribution is 0.393. The van der Waals surface area contributed by atoms with E-state index in [4.69, 9.17) is 4.52 Å². The second-order valence-electron chi connectivity index (χ2n) is 7.13. The Morgan fingerprint density at radius 2 is 1.83 bits per heavy atom. The summed E-state index contributed by atoms with van der Waals surface area (Å²) < 4.78 is 19.2. The molecule has 148 valence electrons. The lowest BCUT2D eigenvalue weighted by atomic mass is 9.94. The highest BCUT2D eigenvalue weighted by atomic mass is 19.1. The second-order valence-corrected chi connectivity index (χ2v) is 7.13. The smallest absolute Gasteiger partial charge is 0.323 e. The molecular weight excluding hydrogens is 383 g/mol. The summed E-state index contributed by atoms with van der Waals surface area (Å²) in [5, 5.41) is 4.05. The Morgan fingerprint density at radius 3 is 2.60 bits per heavy atom. The van der Waals surface area contributed by atoms with Crippen LogP contribution < -0.4 is 5.69 Å².